The lowest BCUT2D eigenvalue weighted by molar-refractivity contribution is -0.139. The predicted molar refractivity (Wildman–Crippen MR) is 162 cm³/mol. The third kappa shape index (κ3) is 9.20. The summed E-state index contributed by atoms with van der Waals surface area (Å²) in [5, 5.41) is 0. The summed E-state index contributed by atoms with van der Waals surface area (Å²) in [4.78, 5) is 36.8. The van der Waals surface area contributed by atoms with Gasteiger partial charge in [0.1, 0.15) is 11.5 Å². The van der Waals surface area contributed by atoms with Gasteiger partial charge in [-0.15, -0.1) is 0 Å². The van der Waals surface area contributed by atoms with E-state index in [1.807, 2.05) is 24.3 Å². The molecule has 0 spiro atoms. The second-order valence-corrected chi connectivity index (χ2v) is 10.5. The lowest BCUT2D eigenvalue weighted by atomic mass is 9.84. The van der Waals surface area contributed by atoms with Gasteiger partial charge in [0.15, 0.2) is 11.5 Å². The van der Waals surface area contributed by atoms with Gasteiger partial charge in [-0.1, -0.05) is 38.0 Å². The van der Waals surface area contributed by atoms with Crippen molar-refractivity contribution in [2.24, 2.45) is 0 Å². The molecule has 0 aliphatic heterocycles. The molecule has 0 N–H and O–H groups in total. The van der Waals surface area contributed by atoms with Gasteiger partial charge in [0.05, 0.1) is 31.5 Å². The zero-order chi connectivity index (χ0) is 30.6. The Hall–Kier alpha value is -4.59. The highest BCUT2D eigenvalue weighted by Crippen LogP contribution is 2.33. The van der Waals surface area contributed by atoms with Gasteiger partial charge in [-0.25, -0.2) is 14.4 Å². The number of ether oxygens (including phenoxy) is 5. The molecule has 0 aromatic heterocycles. The van der Waals surface area contributed by atoms with Crippen LogP contribution >= 0.6 is 0 Å². The van der Waals surface area contributed by atoms with Crippen LogP contribution in [0, 0.1) is 0 Å². The van der Waals surface area contributed by atoms with Crippen molar-refractivity contribution >= 4 is 17.9 Å². The summed E-state index contributed by atoms with van der Waals surface area (Å²) < 4.78 is 27.2. The number of benzene rings is 3. The van der Waals surface area contributed by atoms with Crippen molar-refractivity contribution in [3.63, 3.8) is 0 Å². The predicted octanol–water partition coefficient (Wildman–Crippen LogP) is 7.46. The molecular formula is C35H38O8. The summed E-state index contributed by atoms with van der Waals surface area (Å²) in [6.45, 7) is 5.81. The lowest BCUT2D eigenvalue weighted by Gasteiger charge is -2.22. The quantitative estimate of drug-likeness (QED) is 0.0881. The molecule has 3 aromatic carbocycles. The molecule has 0 radical (unpaired) electrons. The first kappa shape index (κ1) is 31.3. The fourth-order valence-corrected chi connectivity index (χ4v) is 4.82. The third-order valence-corrected chi connectivity index (χ3v) is 7.24. The van der Waals surface area contributed by atoms with Crippen LogP contribution in [0.15, 0.2) is 78.9 Å². The van der Waals surface area contributed by atoms with Gasteiger partial charge in [-0.3, -0.25) is 0 Å². The Morgan fingerprint density at radius 1 is 0.744 bits per heavy atom. The van der Waals surface area contributed by atoms with E-state index in [9.17, 15) is 14.4 Å². The van der Waals surface area contributed by atoms with Gasteiger partial charge >= 0.3 is 17.9 Å². The van der Waals surface area contributed by atoms with Gasteiger partial charge in [-0.05, 0) is 98.7 Å². The molecule has 4 rings (SSSR count). The summed E-state index contributed by atoms with van der Waals surface area (Å²) in [6, 6.07) is 18.7. The number of carbonyl (C=O) groups is 3. The fraction of sp³-hybridized carbons (Fsp3) is 0.343. The molecule has 1 fully saturated rings. The van der Waals surface area contributed by atoms with E-state index in [1.54, 1.807) is 43.3 Å². The maximum Gasteiger partial charge on any atom is 0.343 e. The van der Waals surface area contributed by atoms with E-state index in [1.165, 1.54) is 50.8 Å². The van der Waals surface area contributed by atoms with Crippen LogP contribution in [0.25, 0.3) is 0 Å². The topological polar surface area (TPSA) is 97.4 Å². The normalized spacial score (nSPS) is 13.1. The molecule has 8 heteroatoms. The molecule has 1 saturated carbocycles. The molecule has 0 bridgehead atoms. The van der Waals surface area contributed by atoms with E-state index < -0.39 is 17.9 Å². The average Bonchev–Trinajstić information content (AvgIpc) is 3.03. The summed E-state index contributed by atoms with van der Waals surface area (Å²) in [5.41, 5.74) is 2.27. The van der Waals surface area contributed by atoms with Gasteiger partial charge in [-0.2, -0.15) is 0 Å². The number of hydrogen-bond donors (Lipinski definition) is 0. The summed E-state index contributed by atoms with van der Waals surface area (Å²) in [5.74, 6) is 0.736. The first-order chi connectivity index (χ1) is 20.8. The number of esters is 3. The van der Waals surface area contributed by atoms with Crippen LogP contribution in [0.4, 0.5) is 0 Å². The number of methoxy groups -OCH3 is 1. The van der Waals surface area contributed by atoms with Crippen molar-refractivity contribution in [2.45, 2.75) is 57.8 Å². The minimum Gasteiger partial charge on any atom is -0.493 e. The maximum atomic E-state index is 12.8. The number of hydrogen-bond acceptors (Lipinski definition) is 8. The van der Waals surface area contributed by atoms with Gasteiger partial charge in [0.25, 0.3) is 0 Å². The van der Waals surface area contributed by atoms with Crippen LogP contribution in [0.1, 0.15) is 84.1 Å². The standard InChI is InChI=1S/C35H38O8/c1-24(2)33(36)41-22-8-7-21-40-31-20-15-28(23-32(31)39-3)35(38)43-30-18-13-27(14-19-30)34(37)42-29-16-11-26(12-17-29)25-9-5-4-6-10-25/h11-20,23,25H,1,4-10,21-22H2,2-3H3. The van der Waals surface area contributed by atoms with E-state index >= 15 is 0 Å². The van der Waals surface area contributed by atoms with Crippen LogP contribution < -0.4 is 18.9 Å². The first-order valence-electron chi connectivity index (χ1n) is 14.6. The molecule has 226 valence electrons. The largest absolute Gasteiger partial charge is 0.493 e. The van der Waals surface area contributed by atoms with Gasteiger partial charge in [0.2, 0.25) is 0 Å². The van der Waals surface area contributed by atoms with E-state index in [2.05, 4.69) is 6.58 Å². The van der Waals surface area contributed by atoms with E-state index in [4.69, 9.17) is 23.7 Å². The molecule has 1 aliphatic carbocycles. The van der Waals surface area contributed by atoms with Gasteiger partial charge in [0, 0.05) is 5.57 Å². The number of rotatable bonds is 13. The monoisotopic (exact) mass is 586 g/mol. The summed E-state index contributed by atoms with van der Waals surface area (Å²) in [6.07, 6.45) is 7.56. The number of unbranched alkanes of at least 4 members (excludes halogenated alkanes) is 1. The van der Waals surface area contributed by atoms with Crippen LogP contribution in [0.3, 0.4) is 0 Å². The molecule has 0 saturated heterocycles. The smallest absolute Gasteiger partial charge is 0.343 e. The third-order valence-electron chi connectivity index (χ3n) is 7.24. The minimum absolute atomic E-state index is 0.274. The van der Waals surface area contributed by atoms with Gasteiger partial charge < -0.3 is 23.7 Å². The Morgan fingerprint density at radius 2 is 1.33 bits per heavy atom. The number of carbonyl (C=O) groups excluding carboxylic acids is 3. The summed E-state index contributed by atoms with van der Waals surface area (Å²) >= 11 is 0. The Morgan fingerprint density at radius 3 is 1.95 bits per heavy atom. The second kappa shape index (κ2) is 15.6. The molecule has 0 atom stereocenters. The van der Waals surface area contributed by atoms with Crippen molar-refractivity contribution in [1.82, 2.24) is 0 Å². The molecule has 43 heavy (non-hydrogen) atoms. The highest BCUT2D eigenvalue weighted by Gasteiger charge is 2.17. The molecule has 1 aliphatic rings. The van der Waals surface area contributed by atoms with Crippen LogP contribution in [0.2, 0.25) is 0 Å². The van der Waals surface area contributed by atoms with Crippen LogP contribution in [-0.2, 0) is 9.53 Å². The molecule has 0 unspecified atom stereocenters. The molecule has 3 aromatic rings. The van der Waals surface area contributed by atoms with Crippen LogP contribution in [0.5, 0.6) is 23.0 Å². The second-order valence-electron chi connectivity index (χ2n) is 10.5. The minimum atomic E-state index is -0.586. The molecular weight excluding hydrogens is 548 g/mol. The fourth-order valence-electron chi connectivity index (χ4n) is 4.82. The Balaban J connectivity index is 1.25. The van der Waals surface area contributed by atoms with E-state index in [0.29, 0.717) is 53.8 Å². The van der Waals surface area contributed by atoms with Crippen LogP contribution in [-0.4, -0.2) is 38.2 Å². The molecule has 8 nitrogen and oxygen atoms in total. The Kier molecular flexibility index (Phi) is 11.4. The molecule has 0 amide bonds. The lowest BCUT2D eigenvalue weighted by Crippen LogP contribution is -2.11. The Bertz CT molecular complexity index is 1400. The maximum absolute atomic E-state index is 12.8. The average molecular weight is 587 g/mol. The highest BCUT2D eigenvalue weighted by atomic mass is 16.5. The van der Waals surface area contributed by atoms with E-state index in [0.717, 1.165) is 0 Å². The molecule has 0 heterocycles. The van der Waals surface area contributed by atoms with Crippen molar-refractivity contribution in [3.05, 3.63) is 95.6 Å². The Labute approximate surface area is 252 Å². The SMILES string of the molecule is C=C(C)C(=O)OCCCCOc1ccc(C(=O)Oc2ccc(C(=O)Oc3ccc(C4CCCCC4)cc3)cc2)cc1OC. The van der Waals surface area contributed by atoms with Crippen molar-refractivity contribution in [2.75, 3.05) is 20.3 Å². The zero-order valence-corrected chi connectivity index (χ0v) is 24.8. The van der Waals surface area contributed by atoms with Crippen molar-refractivity contribution < 1.29 is 38.1 Å². The first-order valence-corrected chi connectivity index (χ1v) is 14.6. The van der Waals surface area contributed by atoms with E-state index in [-0.39, 0.29) is 17.9 Å². The zero-order valence-electron chi connectivity index (χ0n) is 24.8. The highest BCUT2D eigenvalue weighted by molar-refractivity contribution is 5.93. The summed E-state index contributed by atoms with van der Waals surface area (Å²) in [7, 11) is 1.48. The van der Waals surface area contributed by atoms with Crippen molar-refractivity contribution in [3.8, 4) is 23.0 Å². The van der Waals surface area contributed by atoms with Crippen molar-refractivity contribution in [1.29, 1.82) is 0 Å².